The van der Waals surface area contributed by atoms with E-state index < -0.39 is 0 Å². The van der Waals surface area contributed by atoms with Gasteiger partial charge in [0.05, 0.1) is 0 Å². The molecule has 0 saturated heterocycles. The van der Waals surface area contributed by atoms with Crippen molar-refractivity contribution in [3.05, 3.63) is 12.2 Å². The van der Waals surface area contributed by atoms with E-state index in [0.29, 0.717) is 6.04 Å². The maximum absolute atomic E-state index is 6.23. The van der Waals surface area contributed by atoms with Gasteiger partial charge in [-0.1, -0.05) is 38.8 Å². The molecule has 0 aromatic heterocycles. The summed E-state index contributed by atoms with van der Waals surface area (Å²) in [5, 5.41) is 0. The molecule has 0 radical (unpaired) electrons. The van der Waals surface area contributed by atoms with Crippen molar-refractivity contribution >= 4 is 0 Å². The third kappa shape index (κ3) is 3.45. The predicted octanol–water partition coefficient (Wildman–Crippen LogP) is 3.50. The lowest BCUT2D eigenvalue weighted by Gasteiger charge is -2.31. The first-order chi connectivity index (χ1) is 6.63. The average molecular weight is 195 g/mol. The Bertz CT molecular complexity index is 186. The minimum absolute atomic E-state index is 0.366. The van der Waals surface area contributed by atoms with Crippen LogP contribution in [0.4, 0.5) is 0 Å². The van der Waals surface area contributed by atoms with Gasteiger partial charge in [0.25, 0.3) is 0 Å². The van der Waals surface area contributed by atoms with Crippen molar-refractivity contribution in [3.8, 4) is 0 Å². The monoisotopic (exact) mass is 195 g/mol. The molecule has 14 heavy (non-hydrogen) atoms. The molecule has 3 unspecified atom stereocenters. The van der Waals surface area contributed by atoms with Crippen molar-refractivity contribution in [1.29, 1.82) is 0 Å². The molecule has 1 heteroatoms. The molecular formula is C13H25N. The quantitative estimate of drug-likeness (QED) is 0.683. The van der Waals surface area contributed by atoms with Crippen molar-refractivity contribution < 1.29 is 0 Å². The highest BCUT2D eigenvalue weighted by Crippen LogP contribution is 2.31. The Labute approximate surface area is 88.8 Å². The lowest BCUT2D eigenvalue weighted by Crippen LogP contribution is -2.33. The van der Waals surface area contributed by atoms with Gasteiger partial charge in [-0.2, -0.15) is 0 Å². The Hall–Kier alpha value is -0.300. The van der Waals surface area contributed by atoms with E-state index in [9.17, 15) is 0 Å². The molecular weight excluding hydrogens is 170 g/mol. The SMILES string of the molecule is C=C(CC)CC(N)C1CCCC(C)C1. The third-order valence-corrected chi connectivity index (χ3v) is 3.61. The van der Waals surface area contributed by atoms with Crippen molar-refractivity contribution in [2.45, 2.75) is 58.4 Å². The van der Waals surface area contributed by atoms with Crippen molar-refractivity contribution in [2.24, 2.45) is 17.6 Å². The van der Waals surface area contributed by atoms with Gasteiger partial charge in [-0.25, -0.2) is 0 Å². The van der Waals surface area contributed by atoms with Gasteiger partial charge in [-0.15, -0.1) is 0 Å². The van der Waals surface area contributed by atoms with Crippen LogP contribution in [0.25, 0.3) is 0 Å². The van der Waals surface area contributed by atoms with E-state index in [2.05, 4.69) is 20.4 Å². The van der Waals surface area contributed by atoms with Crippen LogP contribution in [0.2, 0.25) is 0 Å². The van der Waals surface area contributed by atoms with Gasteiger partial charge in [-0.3, -0.25) is 0 Å². The van der Waals surface area contributed by atoms with Crippen LogP contribution in [0, 0.1) is 11.8 Å². The van der Waals surface area contributed by atoms with E-state index >= 15 is 0 Å². The molecule has 0 aromatic carbocycles. The molecule has 0 heterocycles. The Kier molecular flexibility index (Phi) is 4.67. The summed E-state index contributed by atoms with van der Waals surface area (Å²) in [4.78, 5) is 0. The number of hydrogen-bond acceptors (Lipinski definition) is 1. The van der Waals surface area contributed by atoms with Gasteiger partial charge in [0.1, 0.15) is 0 Å². The Morgan fingerprint density at radius 2 is 2.21 bits per heavy atom. The van der Waals surface area contributed by atoms with Crippen LogP contribution in [-0.4, -0.2) is 6.04 Å². The summed E-state index contributed by atoms with van der Waals surface area (Å²) in [6.45, 7) is 8.57. The fourth-order valence-corrected chi connectivity index (χ4v) is 2.51. The standard InChI is InChI=1S/C13H25N/c1-4-10(2)9-13(14)12-7-5-6-11(3)8-12/h11-13H,2,4-9,14H2,1,3H3. The summed E-state index contributed by atoms with van der Waals surface area (Å²) in [5.74, 6) is 1.64. The van der Waals surface area contributed by atoms with Gasteiger partial charge in [0.2, 0.25) is 0 Å². The maximum atomic E-state index is 6.23. The van der Waals surface area contributed by atoms with Crippen molar-refractivity contribution in [1.82, 2.24) is 0 Å². The van der Waals surface area contributed by atoms with E-state index in [0.717, 1.165) is 24.7 Å². The molecule has 0 aliphatic heterocycles. The number of hydrogen-bond donors (Lipinski definition) is 1. The van der Waals surface area contributed by atoms with Crippen LogP contribution in [-0.2, 0) is 0 Å². The van der Waals surface area contributed by atoms with Crippen LogP contribution in [0.15, 0.2) is 12.2 Å². The van der Waals surface area contributed by atoms with Gasteiger partial charge in [0, 0.05) is 6.04 Å². The molecule has 0 spiro atoms. The molecule has 1 nitrogen and oxygen atoms in total. The molecule has 0 aromatic rings. The van der Waals surface area contributed by atoms with Crippen LogP contribution < -0.4 is 5.73 Å². The zero-order chi connectivity index (χ0) is 10.6. The minimum Gasteiger partial charge on any atom is -0.327 e. The van der Waals surface area contributed by atoms with Gasteiger partial charge in [0.15, 0.2) is 0 Å². The molecule has 0 amide bonds. The molecule has 1 saturated carbocycles. The Morgan fingerprint density at radius 1 is 1.50 bits per heavy atom. The van der Waals surface area contributed by atoms with Crippen LogP contribution >= 0.6 is 0 Å². The van der Waals surface area contributed by atoms with Crippen LogP contribution in [0.1, 0.15) is 52.4 Å². The molecule has 1 rings (SSSR count). The first-order valence-corrected chi connectivity index (χ1v) is 6.05. The normalized spacial score (nSPS) is 29.9. The van der Waals surface area contributed by atoms with Gasteiger partial charge in [-0.05, 0) is 37.5 Å². The smallest absolute Gasteiger partial charge is 0.0104 e. The summed E-state index contributed by atoms with van der Waals surface area (Å²) < 4.78 is 0. The summed E-state index contributed by atoms with van der Waals surface area (Å²) in [6, 6.07) is 0.366. The van der Waals surface area contributed by atoms with E-state index in [4.69, 9.17) is 5.73 Å². The molecule has 2 N–H and O–H groups in total. The van der Waals surface area contributed by atoms with Crippen molar-refractivity contribution in [2.75, 3.05) is 0 Å². The van der Waals surface area contributed by atoms with Crippen LogP contribution in [0.3, 0.4) is 0 Å². The predicted molar refractivity (Wildman–Crippen MR) is 63.1 cm³/mol. The highest BCUT2D eigenvalue weighted by molar-refractivity contribution is 4.97. The summed E-state index contributed by atoms with van der Waals surface area (Å²) in [5.41, 5.74) is 7.54. The second-order valence-corrected chi connectivity index (χ2v) is 5.00. The van der Waals surface area contributed by atoms with E-state index in [1.807, 2.05) is 0 Å². The highest BCUT2D eigenvalue weighted by atomic mass is 14.7. The fraction of sp³-hybridized carbons (Fsp3) is 0.846. The maximum Gasteiger partial charge on any atom is 0.0104 e. The van der Waals surface area contributed by atoms with Gasteiger partial charge < -0.3 is 5.73 Å². The third-order valence-electron chi connectivity index (χ3n) is 3.61. The first-order valence-electron chi connectivity index (χ1n) is 6.05. The second kappa shape index (κ2) is 5.55. The summed E-state index contributed by atoms with van der Waals surface area (Å²) in [6.07, 6.45) is 7.56. The minimum atomic E-state index is 0.366. The van der Waals surface area contributed by atoms with Crippen molar-refractivity contribution in [3.63, 3.8) is 0 Å². The largest absolute Gasteiger partial charge is 0.327 e. The Balaban J connectivity index is 2.35. The first kappa shape index (κ1) is 11.8. The zero-order valence-electron chi connectivity index (χ0n) is 9.76. The molecule has 1 fully saturated rings. The summed E-state index contributed by atoms with van der Waals surface area (Å²) in [7, 11) is 0. The fourth-order valence-electron chi connectivity index (χ4n) is 2.51. The lowest BCUT2D eigenvalue weighted by molar-refractivity contribution is 0.245. The average Bonchev–Trinajstić information content (AvgIpc) is 2.17. The molecule has 3 atom stereocenters. The van der Waals surface area contributed by atoms with Gasteiger partial charge >= 0.3 is 0 Å². The molecule has 82 valence electrons. The van der Waals surface area contributed by atoms with E-state index in [-0.39, 0.29) is 0 Å². The van der Waals surface area contributed by atoms with Crippen LogP contribution in [0.5, 0.6) is 0 Å². The second-order valence-electron chi connectivity index (χ2n) is 5.00. The summed E-state index contributed by atoms with van der Waals surface area (Å²) >= 11 is 0. The molecule has 1 aliphatic carbocycles. The topological polar surface area (TPSA) is 26.0 Å². The lowest BCUT2D eigenvalue weighted by atomic mass is 9.77. The van der Waals surface area contributed by atoms with E-state index in [1.54, 1.807) is 0 Å². The zero-order valence-corrected chi connectivity index (χ0v) is 9.76. The number of rotatable bonds is 4. The highest BCUT2D eigenvalue weighted by Gasteiger charge is 2.24. The number of nitrogens with two attached hydrogens (primary N) is 1. The van der Waals surface area contributed by atoms with E-state index in [1.165, 1.54) is 31.3 Å². The molecule has 0 bridgehead atoms. The molecule has 1 aliphatic rings. The Morgan fingerprint density at radius 3 is 2.79 bits per heavy atom.